The third kappa shape index (κ3) is 2.46. The van der Waals surface area contributed by atoms with Gasteiger partial charge in [0.15, 0.2) is 0 Å². The van der Waals surface area contributed by atoms with Gasteiger partial charge >= 0.3 is 0 Å². The Morgan fingerprint density at radius 2 is 2.00 bits per heavy atom. The van der Waals surface area contributed by atoms with Crippen molar-refractivity contribution >= 4 is 22.7 Å². The van der Waals surface area contributed by atoms with Crippen LogP contribution in [0.25, 0.3) is 0 Å². The van der Waals surface area contributed by atoms with Crippen molar-refractivity contribution in [2.75, 3.05) is 5.73 Å². The molecule has 1 rings (SSSR count). The lowest BCUT2D eigenvalue weighted by atomic mass is 10.3. The van der Waals surface area contributed by atoms with Crippen molar-refractivity contribution in [3.05, 3.63) is 30.1 Å². The first kappa shape index (κ1) is 8.43. The molecule has 0 bridgehead atoms. The van der Waals surface area contributed by atoms with Crippen molar-refractivity contribution in [1.82, 2.24) is 0 Å². The van der Waals surface area contributed by atoms with E-state index in [0.717, 1.165) is 0 Å². The van der Waals surface area contributed by atoms with E-state index in [1.165, 1.54) is 12.1 Å². The molecule has 0 aliphatic heterocycles. The minimum Gasteiger partial charge on any atom is -0.399 e. The molecule has 50 valence electrons. The molecule has 0 saturated carbocycles. The highest BCUT2D eigenvalue weighted by atomic mass is 79.9. The fraction of sp³-hybridized carbons (Fsp3) is 0. The van der Waals surface area contributed by atoms with Gasteiger partial charge in [-0.1, -0.05) is 6.07 Å². The average molecular weight is 192 g/mol. The van der Waals surface area contributed by atoms with Crippen LogP contribution in [0.3, 0.4) is 0 Å². The monoisotopic (exact) mass is 191 g/mol. The summed E-state index contributed by atoms with van der Waals surface area (Å²) in [6.45, 7) is 0. The Morgan fingerprint density at radius 3 is 2.33 bits per heavy atom. The molecule has 0 saturated heterocycles. The summed E-state index contributed by atoms with van der Waals surface area (Å²) in [5, 5.41) is 0. The summed E-state index contributed by atoms with van der Waals surface area (Å²) in [5.41, 5.74) is 5.68. The van der Waals surface area contributed by atoms with Gasteiger partial charge in [0, 0.05) is 5.69 Å². The summed E-state index contributed by atoms with van der Waals surface area (Å²) in [7, 11) is 0. The van der Waals surface area contributed by atoms with Crippen molar-refractivity contribution < 1.29 is 4.39 Å². The van der Waals surface area contributed by atoms with Crippen LogP contribution in [-0.2, 0) is 0 Å². The summed E-state index contributed by atoms with van der Waals surface area (Å²) in [4.78, 5) is 0. The number of anilines is 1. The van der Waals surface area contributed by atoms with Crippen LogP contribution in [0.1, 0.15) is 0 Å². The van der Waals surface area contributed by atoms with E-state index >= 15 is 0 Å². The quantitative estimate of drug-likeness (QED) is 0.625. The molecule has 2 N–H and O–H groups in total. The van der Waals surface area contributed by atoms with Crippen LogP contribution < -0.4 is 5.73 Å². The van der Waals surface area contributed by atoms with Gasteiger partial charge in [0.25, 0.3) is 0 Å². The van der Waals surface area contributed by atoms with E-state index in [2.05, 4.69) is 0 Å². The van der Waals surface area contributed by atoms with E-state index in [1.807, 2.05) is 0 Å². The fourth-order valence-corrected chi connectivity index (χ4v) is 0.507. The Bertz CT molecular complexity index is 173. The number of hydrogen-bond donors (Lipinski definition) is 1. The molecule has 9 heavy (non-hydrogen) atoms. The zero-order valence-electron chi connectivity index (χ0n) is 4.67. The molecule has 0 heterocycles. The molecule has 1 aromatic carbocycles. The lowest BCUT2D eigenvalue weighted by molar-refractivity contribution is 0.628. The molecule has 0 aromatic heterocycles. The zero-order valence-corrected chi connectivity index (χ0v) is 6.39. The van der Waals surface area contributed by atoms with Gasteiger partial charge < -0.3 is 5.73 Å². The van der Waals surface area contributed by atoms with E-state index in [4.69, 9.17) is 5.73 Å². The van der Waals surface area contributed by atoms with E-state index in [9.17, 15) is 4.39 Å². The molecule has 0 fully saturated rings. The molecule has 1 aromatic rings. The smallest absolute Gasteiger partial charge is 0.125 e. The number of nitrogens with two attached hydrogens (primary N) is 1. The third-order valence-electron chi connectivity index (χ3n) is 0.849. The standard InChI is InChI=1S/C6H6FN.BrH/c7-5-2-1-3-6(8)4-5;/h1-4H,8H2;1H. The van der Waals surface area contributed by atoms with Crippen LogP contribution in [0, 0.1) is 5.82 Å². The largest absolute Gasteiger partial charge is 0.399 e. The number of nitrogen functional groups attached to an aromatic ring is 1. The van der Waals surface area contributed by atoms with Gasteiger partial charge in [-0.25, -0.2) is 4.39 Å². The van der Waals surface area contributed by atoms with Gasteiger partial charge in [-0.15, -0.1) is 17.0 Å². The second kappa shape index (κ2) is 3.45. The van der Waals surface area contributed by atoms with Gasteiger partial charge in [-0.2, -0.15) is 0 Å². The van der Waals surface area contributed by atoms with Gasteiger partial charge in [0.1, 0.15) is 5.82 Å². The number of halogens is 2. The number of benzene rings is 1. The molecular formula is C6H7BrFN. The normalized spacial score (nSPS) is 8.11. The molecule has 1 nitrogen and oxygen atoms in total. The number of rotatable bonds is 0. The van der Waals surface area contributed by atoms with Crippen molar-refractivity contribution in [2.45, 2.75) is 0 Å². The molecule has 0 unspecified atom stereocenters. The Labute approximate surface area is 63.4 Å². The summed E-state index contributed by atoms with van der Waals surface area (Å²) in [6.07, 6.45) is 0. The highest BCUT2D eigenvalue weighted by Gasteiger charge is 1.85. The maximum Gasteiger partial charge on any atom is 0.125 e. The molecule has 0 atom stereocenters. The van der Waals surface area contributed by atoms with Crippen LogP contribution in [0.5, 0.6) is 0 Å². The average Bonchev–Trinajstić information content (AvgIpc) is 1.64. The summed E-state index contributed by atoms with van der Waals surface area (Å²) in [5.74, 6) is -0.287. The molecule has 0 aliphatic rings. The van der Waals surface area contributed by atoms with Gasteiger partial charge in [-0.3, -0.25) is 0 Å². The topological polar surface area (TPSA) is 26.0 Å². The van der Waals surface area contributed by atoms with Crippen molar-refractivity contribution in [3.8, 4) is 0 Å². The first-order valence-corrected chi connectivity index (χ1v) is 2.30. The van der Waals surface area contributed by atoms with Gasteiger partial charge in [0.2, 0.25) is 0 Å². The van der Waals surface area contributed by atoms with Crippen LogP contribution in [0.2, 0.25) is 0 Å². The molecule has 0 spiro atoms. The SMILES string of the molecule is Br.Nc1cccc(F)c1. The van der Waals surface area contributed by atoms with E-state index in [-0.39, 0.29) is 22.8 Å². The Hall–Kier alpha value is -0.570. The molecule has 0 radical (unpaired) electrons. The first-order chi connectivity index (χ1) is 3.79. The lowest BCUT2D eigenvalue weighted by Gasteiger charge is -1.88. The van der Waals surface area contributed by atoms with Crippen molar-refractivity contribution in [2.24, 2.45) is 0 Å². The third-order valence-corrected chi connectivity index (χ3v) is 0.849. The van der Waals surface area contributed by atoms with Crippen LogP contribution in [0.15, 0.2) is 24.3 Å². The predicted molar refractivity (Wildman–Crippen MR) is 41.1 cm³/mol. The second-order valence-corrected chi connectivity index (χ2v) is 1.56. The van der Waals surface area contributed by atoms with Crippen LogP contribution in [0.4, 0.5) is 10.1 Å². The fourth-order valence-electron chi connectivity index (χ4n) is 0.507. The van der Waals surface area contributed by atoms with E-state index in [0.29, 0.717) is 5.69 Å². The maximum atomic E-state index is 12.1. The maximum absolute atomic E-state index is 12.1. The summed E-state index contributed by atoms with van der Waals surface area (Å²) < 4.78 is 12.1. The molecule has 3 heteroatoms. The van der Waals surface area contributed by atoms with E-state index < -0.39 is 0 Å². The molecular weight excluding hydrogens is 185 g/mol. The van der Waals surface area contributed by atoms with Crippen molar-refractivity contribution in [3.63, 3.8) is 0 Å². The minimum absolute atomic E-state index is 0. The van der Waals surface area contributed by atoms with Gasteiger partial charge in [0.05, 0.1) is 0 Å². The van der Waals surface area contributed by atoms with Crippen LogP contribution >= 0.6 is 17.0 Å². The Balaban J connectivity index is 0.000000640. The highest BCUT2D eigenvalue weighted by Crippen LogP contribution is 2.02. The Morgan fingerprint density at radius 1 is 1.33 bits per heavy atom. The first-order valence-electron chi connectivity index (χ1n) is 2.30. The highest BCUT2D eigenvalue weighted by molar-refractivity contribution is 8.93. The van der Waals surface area contributed by atoms with E-state index in [1.54, 1.807) is 12.1 Å². The minimum atomic E-state index is -0.287. The zero-order chi connectivity index (χ0) is 5.98. The van der Waals surface area contributed by atoms with Crippen LogP contribution in [-0.4, -0.2) is 0 Å². The summed E-state index contributed by atoms with van der Waals surface area (Å²) in [6, 6.07) is 5.85. The van der Waals surface area contributed by atoms with Crippen molar-refractivity contribution in [1.29, 1.82) is 0 Å². The second-order valence-electron chi connectivity index (χ2n) is 1.56. The molecule has 0 amide bonds. The Kier molecular flexibility index (Phi) is 3.24. The number of hydrogen-bond acceptors (Lipinski definition) is 1. The summed E-state index contributed by atoms with van der Waals surface area (Å²) >= 11 is 0. The lowest BCUT2D eigenvalue weighted by Crippen LogP contribution is -1.83. The predicted octanol–water partition coefficient (Wildman–Crippen LogP) is 1.99. The van der Waals surface area contributed by atoms with Gasteiger partial charge in [-0.05, 0) is 18.2 Å². The molecule has 0 aliphatic carbocycles.